The number of nitrogens with zero attached hydrogens (tertiary/aromatic N) is 1. The highest BCUT2D eigenvalue weighted by Gasteiger charge is 2.25. The summed E-state index contributed by atoms with van der Waals surface area (Å²) < 4.78 is 18.7. The Balaban J connectivity index is 1.92. The molecule has 1 aliphatic rings. The fraction of sp³-hybridized carbons (Fsp3) is 0.471. The molecule has 0 amide bonds. The van der Waals surface area contributed by atoms with Crippen molar-refractivity contribution in [2.75, 3.05) is 27.0 Å². The highest BCUT2D eigenvalue weighted by molar-refractivity contribution is 7.38. The smallest absolute Gasteiger partial charge is 0.340 e. The molecular formula is C17H22NO4P. The van der Waals surface area contributed by atoms with Gasteiger partial charge in [-0.15, -0.1) is 8.58 Å². The fourth-order valence-corrected chi connectivity index (χ4v) is 3.52. The first kappa shape index (κ1) is 16.4. The van der Waals surface area contributed by atoms with Crippen LogP contribution < -0.4 is 0 Å². The summed E-state index contributed by atoms with van der Waals surface area (Å²) in [5, 5.41) is 0.903. The first-order chi connectivity index (χ1) is 11.2. The van der Waals surface area contributed by atoms with Crippen LogP contribution in [0.4, 0.5) is 0 Å². The van der Waals surface area contributed by atoms with Gasteiger partial charge in [0.25, 0.3) is 0 Å². The normalized spacial score (nSPS) is 22.0. The monoisotopic (exact) mass is 335 g/mol. The summed E-state index contributed by atoms with van der Waals surface area (Å²) in [6, 6.07) is 7.85. The molecule has 0 spiro atoms. The van der Waals surface area contributed by atoms with Crippen LogP contribution in [0.25, 0.3) is 10.9 Å². The number of benzene rings is 1. The third-order valence-electron chi connectivity index (χ3n) is 4.33. The Morgan fingerprint density at radius 2 is 2.04 bits per heavy atom. The molecule has 1 unspecified atom stereocenters. The SMILES string of the molecule is COC(=O)c1c(C)n(CC2OCC(PC)CO2)c2ccccc12. The van der Waals surface area contributed by atoms with Gasteiger partial charge in [0, 0.05) is 22.3 Å². The third-order valence-corrected chi connectivity index (χ3v) is 5.48. The van der Waals surface area contributed by atoms with Gasteiger partial charge in [0.15, 0.2) is 6.29 Å². The van der Waals surface area contributed by atoms with Crippen molar-refractivity contribution in [3.63, 3.8) is 0 Å². The van der Waals surface area contributed by atoms with Crippen LogP contribution >= 0.6 is 8.58 Å². The predicted octanol–water partition coefficient (Wildman–Crippen LogP) is 2.79. The molecule has 1 aliphatic heterocycles. The molecule has 3 rings (SSSR count). The summed E-state index contributed by atoms with van der Waals surface area (Å²) in [6.45, 7) is 6.15. The van der Waals surface area contributed by atoms with E-state index < -0.39 is 0 Å². The van der Waals surface area contributed by atoms with E-state index in [0.29, 0.717) is 17.8 Å². The Bertz CT molecular complexity index is 704. The lowest BCUT2D eigenvalue weighted by atomic mass is 10.1. The van der Waals surface area contributed by atoms with Crippen molar-refractivity contribution in [3.05, 3.63) is 35.5 Å². The Labute approximate surface area is 137 Å². The van der Waals surface area contributed by atoms with E-state index >= 15 is 0 Å². The number of para-hydroxylation sites is 1. The maximum atomic E-state index is 12.1. The Hall–Kier alpha value is -1.42. The molecule has 0 bridgehead atoms. The third kappa shape index (κ3) is 3.14. The molecule has 0 saturated carbocycles. The zero-order valence-corrected chi connectivity index (χ0v) is 14.7. The van der Waals surface area contributed by atoms with Crippen LogP contribution in [-0.2, 0) is 20.8 Å². The van der Waals surface area contributed by atoms with Gasteiger partial charge in [-0.2, -0.15) is 0 Å². The number of ether oxygens (including phenoxy) is 3. The summed E-state index contributed by atoms with van der Waals surface area (Å²) in [7, 11) is 2.24. The van der Waals surface area contributed by atoms with Gasteiger partial charge in [0.1, 0.15) is 0 Å². The standard InChI is InChI=1S/C17H22NO4P/c1-11-16(17(19)20-2)13-6-4-5-7-14(13)18(11)8-15-21-9-12(23-3)10-22-15/h4-7,12,15,23H,8-10H2,1-3H3. The van der Waals surface area contributed by atoms with E-state index in [2.05, 4.69) is 11.2 Å². The molecule has 2 aromatic rings. The number of carbonyl (C=O) groups is 1. The topological polar surface area (TPSA) is 49.7 Å². The summed E-state index contributed by atoms with van der Waals surface area (Å²) >= 11 is 0. The van der Waals surface area contributed by atoms with Crippen molar-refractivity contribution in [1.82, 2.24) is 4.57 Å². The minimum Gasteiger partial charge on any atom is -0.465 e. The second kappa shape index (κ2) is 7.00. The first-order valence-corrected chi connectivity index (χ1v) is 9.30. The molecule has 1 aromatic heterocycles. The molecule has 2 heterocycles. The average molecular weight is 335 g/mol. The lowest BCUT2D eigenvalue weighted by Crippen LogP contribution is -2.36. The Morgan fingerprint density at radius 3 is 2.70 bits per heavy atom. The molecule has 1 aromatic carbocycles. The molecule has 1 atom stereocenters. The molecule has 0 aliphatic carbocycles. The van der Waals surface area contributed by atoms with Gasteiger partial charge in [0.05, 0.1) is 32.4 Å². The number of rotatable bonds is 4. The number of esters is 1. The van der Waals surface area contributed by atoms with Gasteiger partial charge in [-0.25, -0.2) is 4.79 Å². The maximum Gasteiger partial charge on any atom is 0.340 e. The van der Waals surface area contributed by atoms with E-state index in [1.807, 2.05) is 31.2 Å². The number of fused-ring (bicyclic) bond motifs is 1. The number of aromatic nitrogens is 1. The average Bonchev–Trinajstić information content (AvgIpc) is 2.87. The van der Waals surface area contributed by atoms with E-state index in [4.69, 9.17) is 14.2 Å². The van der Waals surface area contributed by atoms with Gasteiger partial charge >= 0.3 is 5.97 Å². The number of hydrogen-bond acceptors (Lipinski definition) is 4. The lowest BCUT2D eigenvalue weighted by molar-refractivity contribution is -0.181. The molecular weight excluding hydrogens is 313 g/mol. The molecule has 23 heavy (non-hydrogen) atoms. The van der Waals surface area contributed by atoms with Crippen molar-refractivity contribution in [1.29, 1.82) is 0 Å². The molecule has 1 fully saturated rings. The van der Waals surface area contributed by atoms with E-state index in [-0.39, 0.29) is 12.3 Å². The highest BCUT2D eigenvalue weighted by Crippen LogP contribution is 2.28. The molecule has 0 radical (unpaired) electrons. The first-order valence-electron chi connectivity index (χ1n) is 7.72. The van der Waals surface area contributed by atoms with Crippen LogP contribution in [0.3, 0.4) is 0 Å². The summed E-state index contributed by atoms with van der Waals surface area (Å²) in [6.07, 6.45) is -0.275. The largest absolute Gasteiger partial charge is 0.465 e. The van der Waals surface area contributed by atoms with Crippen molar-refractivity contribution in [3.8, 4) is 0 Å². The van der Waals surface area contributed by atoms with Gasteiger partial charge in [-0.3, -0.25) is 0 Å². The highest BCUT2D eigenvalue weighted by atomic mass is 31.1. The maximum absolute atomic E-state index is 12.1. The minimum atomic E-state index is -0.310. The molecule has 6 heteroatoms. The van der Waals surface area contributed by atoms with Crippen LogP contribution in [-0.4, -0.2) is 49.5 Å². The van der Waals surface area contributed by atoms with Crippen LogP contribution in [0.2, 0.25) is 0 Å². The molecule has 0 N–H and O–H groups in total. The summed E-state index contributed by atoms with van der Waals surface area (Å²) in [4.78, 5) is 12.1. The van der Waals surface area contributed by atoms with Crippen molar-refractivity contribution in [2.24, 2.45) is 0 Å². The van der Waals surface area contributed by atoms with Gasteiger partial charge in [0.2, 0.25) is 0 Å². The molecule has 5 nitrogen and oxygen atoms in total. The Morgan fingerprint density at radius 1 is 1.35 bits per heavy atom. The van der Waals surface area contributed by atoms with Crippen LogP contribution in [0, 0.1) is 6.92 Å². The lowest BCUT2D eigenvalue weighted by Gasteiger charge is -2.29. The van der Waals surface area contributed by atoms with Crippen LogP contribution in [0.5, 0.6) is 0 Å². The quantitative estimate of drug-likeness (QED) is 0.637. The number of methoxy groups -OCH3 is 1. The fourth-order valence-electron chi connectivity index (χ4n) is 2.99. The van der Waals surface area contributed by atoms with Crippen molar-refractivity contribution >= 4 is 25.5 Å². The van der Waals surface area contributed by atoms with Gasteiger partial charge in [-0.05, 0) is 19.7 Å². The molecule has 1 saturated heterocycles. The van der Waals surface area contributed by atoms with E-state index in [9.17, 15) is 4.79 Å². The Kier molecular flexibility index (Phi) is 5.00. The summed E-state index contributed by atoms with van der Waals surface area (Å²) in [5.74, 6) is -0.310. The number of carbonyl (C=O) groups excluding carboxylic acids is 1. The molecule has 124 valence electrons. The zero-order chi connectivity index (χ0) is 16.4. The van der Waals surface area contributed by atoms with Crippen LogP contribution in [0.15, 0.2) is 24.3 Å². The second-order valence-corrected chi connectivity index (χ2v) is 7.06. The van der Waals surface area contributed by atoms with E-state index in [1.54, 1.807) is 0 Å². The van der Waals surface area contributed by atoms with Gasteiger partial charge in [-0.1, -0.05) is 18.2 Å². The van der Waals surface area contributed by atoms with E-state index in [0.717, 1.165) is 38.4 Å². The van der Waals surface area contributed by atoms with Crippen LogP contribution in [0.1, 0.15) is 16.1 Å². The number of hydrogen-bond donors (Lipinski definition) is 0. The summed E-state index contributed by atoms with van der Waals surface area (Å²) in [5.41, 5.74) is 2.99. The van der Waals surface area contributed by atoms with E-state index in [1.165, 1.54) is 7.11 Å². The second-order valence-electron chi connectivity index (χ2n) is 5.66. The zero-order valence-electron chi connectivity index (χ0n) is 13.7. The predicted molar refractivity (Wildman–Crippen MR) is 91.7 cm³/mol. The van der Waals surface area contributed by atoms with Crippen molar-refractivity contribution < 1.29 is 19.0 Å². The minimum absolute atomic E-state index is 0.275. The van der Waals surface area contributed by atoms with Crippen molar-refractivity contribution in [2.45, 2.75) is 25.4 Å². The van der Waals surface area contributed by atoms with Gasteiger partial charge < -0.3 is 18.8 Å².